The molecule has 3 aliphatic heterocycles. The number of rotatable bonds is 4. The second-order valence-electron chi connectivity index (χ2n) is 23.8. The number of hydrogen-bond acceptors (Lipinski definition) is 2. The van der Waals surface area contributed by atoms with Crippen molar-refractivity contribution in [3.63, 3.8) is 0 Å². The molecule has 3 aliphatic rings. The van der Waals surface area contributed by atoms with Gasteiger partial charge < -0.3 is 9.80 Å². The van der Waals surface area contributed by atoms with Crippen LogP contribution < -0.4 is 46.9 Å². The minimum Gasteiger partial charge on any atom is -0.311 e. The molecule has 65 heavy (non-hydrogen) atoms. The van der Waals surface area contributed by atoms with E-state index in [0.717, 1.165) is 0 Å². The molecular formula is C61H67BN2Si. The maximum Gasteiger partial charge on any atom is 0.251 e. The van der Waals surface area contributed by atoms with Crippen molar-refractivity contribution in [2.45, 2.75) is 126 Å². The van der Waals surface area contributed by atoms with E-state index in [1.807, 2.05) is 0 Å². The zero-order valence-electron chi connectivity index (χ0n) is 41.7. The van der Waals surface area contributed by atoms with Gasteiger partial charge in [0.15, 0.2) is 8.07 Å². The maximum absolute atomic E-state index is 3.01. The predicted octanol–water partition coefficient (Wildman–Crippen LogP) is 11.6. The molecule has 0 saturated heterocycles. The summed E-state index contributed by atoms with van der Waals surface area (Å²) in [7, 11) is -3.01. The quantitative estimate of drug-likeness (QED) is 0.163. The van der Waals surface area contributed by atoms with Crippen LogP contribution in [0.25, 0.3) is 0 Å². The largest absolute Gasteiger partial charge is 0.311 e. The van der Waals surface area contributed by atoms with E-state index in [1.54, 1.807) is 0 Å². The van der Waals surface area contributed by atoms with Gasteiger partial charge in [0.2, 0.25) is 0 Å². The Kier molecular flexibility index (Phi) is 9.64. The van der Waals surface area contributed by atoms with Gasteiger partial charge in [-0.2, -0.15) is 0 Å². The number of hydrogen-bond donors (Lipinski definition) is 0. The van der Waals surface area contributed by atoms with Gasteiger partial charge in [0.05, 0.1) is 0 Å². The summed E-state index contributed by atoms with van der Waals surface area (Å²) in [6.07, 6.45) is 0. The fourth-order valence-corrected chi connectivity index (χ4v) is 16.8. The Hall–Kier alpha value is -5.58. The summed E-state index contributed by atoms with van der Waals surface area (Å²) in [6, 6.07) is 53.5. The zero-order valence-corrected chi connectivity index (χ0v) is 42.7. The molecule has 0 N–H and O–H groups in total. The highest BCUT2D eigenvalue weighted by molar-refractivity contribution is 7.27. The van der Waals surface area contributed by atoms with E-state index < -0.39 is 8.07 Å². The van der Waals surface area contributed by atoms with Gasteiger partial charge in [-0.1, -0.05) is 168 Å². The highest BCUT2D eigenvalue weighted by Gasteiger charge is 2.56. The first kappa shape index (κ1) is 43.3. The van der Waals surface area contributed by atoms with Crippen molar-refractivity contribution in [1.29, 1.82) is 0 Å². The third-order valence-electron chi connectivity index (χ3n) is 14.8. The molecule has 7 aromatic carbocycles. The topological polar surface area (TPSA) is 6.48 Å². The molecule has 0 aromatic heterocycles. The second-order valence-corrected chi connectivity index (χ2v) is 27.6. The first-order valence-electron chi connectivity index (χ1n) is 24.0. The van der Waals surface area contributed by atoms with Crippen LogP contribution in [0.2, 0.25) is 0 Å². The van der Waals surface area contributed by atoms with E-state index in [0.29, 0.717) is 0 Å². The summed E-state index contributed by atoms with van der Waals surface area (Å²) in [5.41, 5.74) is 21.2. The molecule has 7 aromatic rings. The Labute approximate surface area is 391 Å². The van der Waals surface area contributed by atoms with Crippen molar-refractivity contribution in [2.24, 2.45) is 0 Å². The lowest BCUT2D eigenvalue weighted by atomic mass is 9.33. The van der Waals surface area contributed by atoms with Crippen LogP contribution in [0.5, 0.6) is 0 Å². The molecule has 0 amide bonds. The molecule has 2 nitrogen and oxygen atoms in total. The molecule has 0 unspecified atom stereocenters. The molecule has 0 aliphatic carbocycles. The molecule has 4 heteroatoms. The molecule has 0 radical (unpaired) electrons. The van der Waals surface area contributed by atoms with Crippen LogP contribution in [-0.4, -0.2) is 14.8 Å². The van der Waals surface area contributed by atoms with Crippen molar-refractivity contribution in [3.8, 4) is 0 Å². The molecule has 0 spiro atoms. The highest BCUT2D eigenvalue weighted by Crippen LogP contribution is 2.48. The summed E-state index contributed by atoms with van der Waals surface area (Å²) in [5.74, 6) is 0. The minimum absolute atomic E-state index is 0.0413. The van der Waals surface area contributed by atoms with Crippen molar-refractivity contribution >= 4 is 86.0 Å². The zero-order chi connectivity index (χ0) is 46.3. The van der Waals surface area contributed by atoms with Crippen molar-refractivity contribution < 1.29 is 0 Å². The second kappa shape index (κ2) is 14.5. The lowest BCUT2D eigenvalue weighted by molar-refractivity contribution is 0.568. The summed E-state index contributed by atoms with van der Waals surface area (Å²) >= 11 is 0. The summed E-state index contributed by atoms with van der Waals surface area (Å²) in [4.78, 5) is 5.39. The molecule has 0 bridgehead atoms. The smallest absolute Gasteiger partial charge is 0.251 e. The first-order chi connectivity index (χ1) is 30.5. The van der Waals surface area contributed by atoms with Gasteiger partial charge in [-0.25, -0.2) is 0 Å². The highest BCUT2D eigenvalue weighted by atomic mass is 28.3. The van der Waals surface area contributed by atoms with Gasteiger partial charge >= 0.3 is 0 Å². The average molecular weight is 867 g/mol. The molecule has 0 saturated carbocycles. The van der Waals surface area contributed by atoms with Crippen molar-refractivity contribution in [2.75, 3.05) is 9.80 Å². The fourth-order valence-electron chi connectivity index (χ4n) is 11.4. The Bertz CT molecular complexity index is 2790. The SMILES string of the molecule is Cc1cc2c3c(c1)N(c1cc(C(C)(C)C)cc(C(C)(C)C)c1)c1cc(C)cc4c1B3c1c(cc(C)cc1[Si]4(c1ccccc1)c1ccccc1)N2c1cc(C(C)(C)C)cc(C(C)(C)C)c1. The van der Waals surface area contributed by atoms with Gasteiger partial charge in [0.25, 0.3) is 6.71 Å². The van der Waals surface area contributed by atoms with Gasteiger partial charge in [-0.05, 0) is 167 Å². The van der Waals surface area contributed by atoms with Gasteiger partial charge in [-0.3, -0.25) is 0 Å². The fraction of sp³-hybridized carbons (Fsp3) is 0.311. The van der Waals surface area contributed by atoms with Gasteiger partial charge in [0, 0.05) is 34.1 Å². The Morgan fingerprint density at radius 1 is 0.354 bits per heavy atom. The Balaban J connectivity index is 1.44. The monoisotopic (exact) mass is 867 g/mol. The molecule has 328 valence electrons. The lowest BCUT2D eigenvalue weighted by Gasteiger charge is -2.52. The van der Waals surface area contributed by atoms with E-state index in [9.17, 15) is 0 Å². The molecule has 10 rings (SSSR count). The van der Waals surface area contributed by atoms with Crippen LogP contribution in [0.1, 0.15) is 122 Å². The Morgan fingerprint density at radius 2 is 0.646 bits per heavy atom. The standard InChI is InChI=1S/C61H67BN2Si/c1-38-26-49-55-50(27-38)64(46-36-43(60(10,11)12)33-44(37-46)61(13,14)15)52-29-40(3)31-54-57(52)62(55)56-51(63(49)45-34-41(58(4,5)6)32-42(35-45)59(7,8)9)28-39(2)30-53(56)65(54,47-22-18-16-19-23-47)48-24-20-17-21-25-48/h16-37H,1-15H3. The Morgan fingerprint density at radius 3 is 0.954 bits per heavy atom. The van der Waals surface area contributed by atoms with Gasteiger partial charge in [0.1, 0.15) is 0 Å². The average Bonchev–Trinajstić information content (AvgIpc) is 3.22. The van der Waals surface area contributed by atoms with E-state index in [4.69, 9.17) is 0 Å². The maximum atomic E-state index is 2.70. The molecule has 0 fully saturated rings. The van der Waals surface area contributed by atoms with Crippen LogP contribution >= 0.6 is 0 Å². The lowest BCUT2D eigenvalue weighted by Crippen LogP contribution is -2.88. The number of nitrogens with zero attached hydrogens (tertiary/aromatic N) is 2. The van der Waals surface area contributed by atoms with Crippen LogP contribution in [0, 0.1) is 20.8 Å². The van der Waals surface area contributed by atoms with Crippen molar-refractivity contribution in [3.05, 3.63) is 172 Å². The summed E-state index contributed by atoms with van der Waals surface area (Å²) < 4.78 is 0. The number of anilines is 6. The third kappa shape index (κ3) is 6.72. The summed E-state index contributed by atoms with van der Waals surface area (Å²) in [5, 5.41) is 5.89. The normalized spacial score (nSPS) is 15.0. The van der Waals surface area contributed by atoms with E-state index in [2.05, 4.69) is 247 Å². The van der Waals surface area contributed by atoms with Crippen molar-refractivity contribution in [1.82, 2.24) is 0 Å². The van der Waals surface area contributed by atoms with Crippen LogP contribution in [-0.2, 0) is 21.7 Å². The molecular weight excluding hydrogens is 800 g/mol. The van der Waals surface area contributed by atoms with Crippen LogP contribution in [0.4, 0.5) is 34.1 Å². The van der Waals surface area contributed by atoms with Gasteiger partial charge in [-0.15, -0.1) is 0 Å². The van der Waals surface area contributed by atoms with Crippen LogP contribution in [0.3, 0.4) is 0 Å². The number of benzene rings is 7. The molecule has 0 atom stereocenters. The number of aryl methyl sites for hydroxylation is 3. The summed E-state index contributed by atoms with van der Waals surface area (Å²) in [6.45, 7) is 35.4. The van der Waals surface area contributed by atoms with E-state index in [1.165, 1.54) is 110 Å². The minimum atomic E-state index is -3.01. The van der Waals surface area contributed by atoms with E-state index in [-0.39, 0.29) is 28.4 Å². The van der Waals surface area contributed by atoms with E-state index >= 15 is 0 Å². The predicted molar refractivity (Wildman–Crippen MR) is 287 cm³/mol. The first-order valence-corrected chi connectivity index (χ1v) is 26.0. The third-order valence-corrected chi connectivity index (χ3v) is 19.6. The van der Waals surface area contributed by atoms with Crippen LogP contribution in [0.15, 0.2) is 133 Å². The molecule has 3 heterocycles.